The van der Waals surface area contributed by atoms with Crippen LogP contribution in [-0.2, 0) is 11.2 Å². The second-order valence-corrected chi connectivity index (χ2v) is 10.6. The molecule has 1 amide bonds. The molecule has 0 aromatic carbocycles. The maximum absolute atomic E-state index is 12.5. The molecule has 0 radical (unpaired) electrons. The van der Waals surface area contributed by atoms with Crippen molar-refractivity contribution in [2.75, 3.05) is 26.7 Å². The quantitative estimate of drug-likeness (QED) is 0.665. The van der Waals surface area contributed by atoms with Gasteiger partial charge in [0.05, 0.1) is 11.9 Å². The summed E-state index contributed by atoms with van der Waals surface area (Å²) >= 11 is 1.83. The molecule has 0 unspecified atom stereocenters. The van der Waals surface area contributed by atoms with Crippen molar-refractivity contribution in [3.8, 4) is 5.88 Å². The van der Waals surface area contributed by atoms with Gasteiger partial charge in [-0.05, 0) is 76.3 Å². The topological polar surface area (TPSA) is 58.6 Å². The Labute approximate surface area is 189 Å². The van der Waals surface area contributed by atoms with Gasteiger partial charge in [0.1, 0.15) is 17.3 Å². The van der Waals surface area contributed by atoms with E-state index in [0.29, 0.717) is 24.4 Å². The van der Waals surface area contributed by atoms with Gasteiger partial charge in [0.25, 0.3) is 0 Å². The van der Waals surface area contributed by atoms with E-state index in [1.165, 1.54) is 35.1 Å². The third-order valence-corrected chi connectivity index (χ3v) is 8.75. The van der Waals surface area contributed by atoms with Gasteiger partial charge in [0.15, 0.2) is 0 Å². The van der Waals surface area contributed by atoms with Crippen molar-refractivity contribution < 1.29 is 9.53 Å². The van der Waals surface area contributed by atoms with Crippen LogP contribution in [0.3, 0.4) is 0 Å². The normalized spacial score (nSPS) is 26.0. The molecule has 3 aliphatic rings. The minimum atomic E-state index is 0.203. The fourth-order valence-corrected chi connectivity index (χ4v) is 6.94. The van der Waals surface area contributed by atoms with Crippen LogP contribution in [-0.4, -0.2) is 64.5 Å². The summed E-state index contributed by atoms with van der Waals surface area (Å²) in [6.45, 7) is 4.69. The molecule has 1 saturated heterocycles. The second kappa shape index (κ2) is 9.02. The van der Waals surface area contributed by atoms with Crippen molar-refractivity contribution in [3.63, 3.8) is 0 Å². The first kappa shape index (κ1) is 21.1. The minimum absolute atomic E-state index is 0.203. The highest BCUT2D eigenvalue weighted by atomic mass is 32.1. The van der Waals surface area contributed by atoms with Crippen LogP contribution in [0.4, 0.5) is 0 Å². The van der Waals surface area contributed by atoms with Crippen LogP contribution in [0.1, 0.15) is 74.6 Å². The van der Waals surface area contributed by atoms with Gasteiger partial charge in [-0.15, -0.1) is 11.3 Å². The van der Waals surface area contributed by atoms with E-state index >= 15 is 0 Å². The third kappa shape index (κ3) is 4.19. The molecule has 31 heavy (non-hydrogen) atoms. The van der Waals surface area contributed by atoms with Crippen LogP contribution in [0.15, 0.2) is 6.33 Å². The fourth-order valence-electron chi connectivity index (χ4n) is 5.71. The van der Waals surface area contributed by atoms with Crippen molar-refractivity contribution in [1.29, 1.82) is 0 Å². The van der Waals surface area contributed by atoms with Crippen LogP contribution < -0.4 is 4.74 Å². The molecule has 6 nitrogen and oxygen atoms in total. The number of carbonyl (C=O) groups is 1. The lowest BCUT2D eigenvalue weighted by atomic mass is 9.92. The maximum atomic E-state index is 12.5. The number of likely N-dealkylation sites (tertiary alicyclic amines) is 1. The molecule has 0 spiro atoms. The van der Waals surface area contributed by atoms with E-state index in [0.717, 1.165) is 62.3 Å². The zero-order chi connectivity index (χ0) is 21.4. The zero-order valence-corrected chi connectivity index (χ0v) is 19.6. The number of aryl methyl sites for hydroxylation is 1. The summed E-state index contributed by atoms with van der Waals surface area (Å²) in [5, 5.41) is 1.18. The first-order valence-corrected chi connectivity index (χ1v) is 12.9. The van der Waals surface area contributed by atoms with E-state index in [2.05, 4.69) is 28.8 Å². The van der Waals surface area contributed by atoms with E-state index in [9.17, 15) is 4.79 Å². The molecule has 2 aromatic heterocycles. The molecule has 2 aromatic rings. The standard InChI is InChI=1S/C24H34N4O2S/c1-3-16-6-11-19-21(16)22-23(25-15-26-24(22)31-19)30-18-9-7-17(8-10-18)27(2)14-20(29)28-12-4-5-13-28/h15-18H,3-14H2,1-2H3/t16-,17?,18?/m1/s1. The monoisotopic (exact) mass is 442 g/mol. The first-order chi connectivity index (χ1) is 15.1. The lowest BCUT2D eigenvalue weighted by Crippen LogP contribution is -2.44. The smallest absolute Gasteiger partial charge is 0.236 e. The van der Waals surface area contributed by atoms with Crippen LogP contribution in [0, 0.1) is 0 Å². The number of fused-ring (bicyclic) bond motifs is 3. The summed E-state index contributed by atoms with van der Waals surface area (Å²) in [6, 6.07) is 0.465. The lowest BCUT2D eigenvalue weighted by molar-refractivity contribution is -0.131. The summed E-state index contributed by atoms with van der Waals surface area (Å²) in [5.74, 6) is 1.71. The highest BCUT2D eigenvalue weighted by Gasteiger charge is 2.31. The number of aromatic nitrogens is 2. The molecule has 1 aliphatic heterocycles. The largest absolute Gasteiger partial charge is 0.474 e. The van der Waals surface area contributed by atoms with E-state index in [-0.39, 0.29) is 6.10 Å². The van der Waals surface area contributed by atoms with Gasteiger partial charge in [-0.3, -0.25) is 9.69 Å². The maximum Gasteiger partial charge on any atom is 0.236 e. The number of carbonyl (C=O) groups excluding carboxylic acids is 1. The van der Waals surface area contributed by atoms with Gasteiger partial charge in [-0.2, -0.15) is 0 Å². The van der Waals surface area contributed by atoms with E-state index < -0.39 is 0 Å². The van der Waals surface area contributed by atoms with Gasteiger partial charge in [0, 0.05) is 24.0 Å². The lowest BCUT2D eigenvalue weighted by Gasteiger charge is -2.35. The highest BCUT2D eigenvalue weighted by molar-refractivity contribution is 7.19. The number of thiophene rings is 1. The first-order valence-electron chi connectivity index (χ1n) is 12.0. The molecule has 5 rings (SSSR count). The molecule has 3 heterocycles. The van der Waals surface area contributed by atoms with E-state index in [1.807, 2.05) is 16.2 Å². The molecule has 2 aliphatic carbocycles. The van der Waals surface area contributed by atoms with Crippen molar-refractivity contribution in [1.82, 2.24) is 19.8 Å². The van der Waals surface area contributed by atoms with E-state index in [1.54, 1.807) is 6.33 Å². The van der Waals surface area contributed by atoms with E-state index in [4.69, 9.17) is 4.74 Å². The number of ether oxygens (including phenoxy) is 1. The van der Waals surface area contributed by atoms with Crippen molar-refractivity contribution in [2.45, 2.75) is 82.8 Å². The number of likely N-dealkylation sites (N-methyl/N-ethyl adjacent to an activating group) is 1. The highest BCUT2D eigenvalue weighted by Crippen LogP contribution is 2.47. The molecule has 7 heteroatoms. The van der Waals surface area contributed by atoms with Crippen LogP contribution >= 0.6 is 11.3 Å². The van der Waals surface area contributed by atoms with Crippen LogP contribution in [0.5, 0.6) is 5.88 Å². The Morgan fingerprint density at radius 1 is 1.19 bits per heavy atom. The molecule has 0 N–H and O–H groups in total. The molecule has 168 valence electrons. The SMILES string of the molecule is CC[C@@H]1CCc2sc3ncnc(OC4CCC(N(C)CC(=O)N5CCCC5)CC4)c3c21. The molecule has 1 atom stereocenters. The van der Waals surface area contributed by atoms with Crippen molar-refractivity contribution in [2.24, 2.45) is 0 Å². The summed E-state index contributed by atoms with van der Waals surface area (Å²) < 4.78 is 6.50. The summed E-state index contributed by atoms with van der Waals surface area (Å²) in [7, 11) is 2.10. The number of amides is 1. The molecule has 0 bridgehead atoms. The average Bonchev–Trinajstić information content (AvgIpc) is 3.51. The summed E-state index contributed by atoms with van der Waals surface area (Å²) in [6.07, 6.45) is 11.9. The summed E-state index contributed by atoms with van der Waals surface area (Å²) in [4.78, 5) is 28.5. The second-order valence-electron chi connectivity index (χ2n) is 9.49. The van der Waals surface area contributed by atoms with Crippen molar-refractivity contribution >= 4 is 27.5 Å². The predicted molar refractivity (Wildman–Crippen MR) is 124 cm³/mol. The van der Waals surface area contributed by atoms with Gasteiger partial charge in [-0.25, -0.2) is 9.97 Å². The molecule has 1 saturated carbocycles. The van der Waals surface area contributed by atoms with Gasteiger partial charge in [0.2, 0.25) is 11.8 Å². The van der Waals surface area contributed by atoms with Gasteiger partial charge < -0.3 is 9.64 Å². The Balaban J connectivity index is 1.21. The Morgan fingerprint density at radius 2 is 1.97 bits per heavy atom. The fraction of sp³-hybridized carbons (Fsp3) is 0.708. The molecular formula is C24H34N4O2S. The Bertz CT molecular complexity index is 931. The summed E-state index contributed by atoms with van der Waals surface area (Å²) in [5.41, 5.74) is 1.46. The average molecular weight is 443 g/mol. The minimum Gasteiger partial charge on any atom is -0.474 e. The Kier molecular flexibility index (Phi) is 6.15. The number of rotatable bonds is 6. The van der Waals surface area contributed by atoms with Crippen molar-refractivity contribution in [3.05, 3.63) is 16.8 Å². The van der Waals surface area contributed by atoms with Gasteiger partial charge >= 0.3 is 0 Å². The zero-order valence-electron chi connectivity index (χ0n) is 18.8. The number of hydrogen-bond acceptors (Lipinski definition) is 6. The Morgan fingerprint density at radius 3 is 2.71 bits per heavy atom. The number of nitrogens with zero attached hydrogens (tertiary/aromatic N) is 4. The van der Waals surface area contributed by atoms with Gasteiger partial charge in [-0.1, -0.05) is 6.92 Å². The predicted octanol–water partition coefficient (Wildman–Crippen LogP) is 4.38. The Hall–Kier alpha value is -1.73. The molecule has 2 fully saturated rings. The van der Waals surface area contributed by atoms with Crippen LogP contribution in [0.2, 0.25) is 0 Å². The van der Waals surface area contributed by atoms with Crippen LogP contribution in [0.25, 0.3) is 10.2 Å². The third-order valence-electron chi connectivity index (χ3n) is 7.58. The molecular weight excluding hydrogens is 408 g/mol. The number of hydrogen-bond donors (Lipinski definition) is 0.